The second-order valence-electron chi connectivity index (χ2n) is 3.53. The van der Waals surface area contributed by atoms with Crippen LogP contribution in [0.25, 0.3) is 0 Å². The minimum atomic E-state index is -0.275. The van der Waals surface area contributed by atoms with E-state index in [1.165, 1.54) is 6.20 Å². The van der Waals surface area contributed by atoms with E-state index < -0.39 is 0 Å². The molecule has 2 nitrogen and oxygen atoms in total. The van der Waals surface area contributed by atoms with E-state index in [0.29, 0.717) is 5.56 Å². The van der Waals surface area contributed by atoms with Gasteiger partial charge in [-0.1, -0.05) is 6.92 Å². The molecule has 2 rings (SSSR count). The first-order chi connectivity index (χ1) is 8.22. The summed E-state index contributed by atoms with van der Waals surface area (Å²) in [5.74, 6) is -0.275. The van der Waals surface area contributed by atoms with Crippen molar-refractivity contribution in [2.75, 3.05) is 6.54 Å². The van der Waals surface area contributed by atoms with E-state index in [-0.39, 0.29) is 11.9 Å². The number of thiophene rings is 1. The van der Waals surface area contributed by atoms with Crippen LogP contribution in [-0.2, 0) is 0 Å². The molecule has 1 atom stereocenters. The van der Waals surface area contributed by atoms with E-state index in [1.807, 2.05) is 19.1 Å². The van der Waals surface area contributed by atoms with Crippen molar-refractivity contribution in [3.8, 4) is 0 Å². The highest BCUT2D eigenvalue weighted by Crippen LogP contribution is 2.31. The topological polar surface area (TPSA) is 24.9 Å². The van der Waals surface area contributed by atoms with Crippen LogP contribution >= 0.6 is 27.3 Å². The molecule has 0 bridgehead atoms. The maximum Gasteiger partial charge on any atom is 0.146 e. The van der Waals surface area contributed by atoms with Gasteiger partial charge in [0.1, 0.15) is 5.82 Å². The standard InChI is InChI=1S/C12H12BrFN2S/c1-2-16-12(10-3-4-11(13)17-10)8-5-6-15-7-9(8)14/h3-7,12,16H,2H2,1H3. The first kappa shape index (κ1) is 12.7. The van der Waals surface area contributed by atoms with Gasteiger partial charge in [-0.25, -0.2) is 4.39 Å². The number of hydrogen-bond acceptors (Lipinski definition) is 3. The molecule has 0 aliphatic heterocycles. The number of aromatic nitrogens is 1. The molecular formula is C12H12BrFN2S. The van der Waals surface area contributed by atoms with E-state index in [1.54, 1.807) is 23.6 Å². The molecule has 0 aliphatic rings. The van der Waals surface area contributed by atoms with Gasteiger partial charge in [0.15, 0.2) is 0 Å². The van der Waals surface area contributed by atoms with Crippen LogP contribution in [0.3, 0.4) is 0 Å². The highest BCUT2D eigenvalue weighted by atomic mass is 79.9. The Balaban J connectivity index is 2.39. The predicted molar refractivity (Wildman–Crippen MR) is 71.7 cm³/mol. The summed E-state index contributed by atoms with van der Waals surface area (Å²) < 4.78 is 14.8. The number of nitrogens with zero attached hydrogens (tertiary/aromatic N) is 1. The third-order valence-corrected chi connectivity index (χ3v) is 4.09. The fraction of sp³-hybridized carbons (Fsp3) is 0.250. The quantitative estimate of drug-likeness (QED) is 0.929. The van der Waals surface area contributed by atoms with Crippen LogP contribution in [0.2, 0.25) is 0 Å². The normalized spacial score (nSPS) is 12.6. The number of nitrogens with one attached hydrogen (secondary N) is 1. The molecule has 2 heterocycles. The highest BCUT2D eigenvalue weighted by molar-refractivity contribution is 9.11. The zero-order valence-corrected chi connectivity index (χ0v) is 11.7. The smallest absolute Gasteiger partial charge is 0.146 e. The van der Waals surface area contributed by atoms with Crippen molar-refractivity contribution in [2.45, 2.75) is 13.0 Å². The Bertz CT molecular complexity index is 501. The van der Waals surface area contributed by atoms with Gasteiger partial charge in [0.05, 0.1) is 16.0 Å². The van der Waals surface area contributed by atoms with Gasteiger partial charge in [0.25, 0.3) is 0 Å². The fourth-order valence-electron chi connectivity index (χ4n) is 1.67. The second kappa shape index (κ2) is 5.71. The van der Waals surface area contributed by atoms with Crippen LogP contribution in [0, 0.1) is 5.82 Å². The number of pyridine rings is 1. The van der Waals surface area contributed by atoms with Gasteiger partial charge in [-0.2, -0.15) is 0 Å². The second-order valence-corrected chi connectivity index (χ2v) is 6.02. The Hall–Kier alpha value is -0.780. The average Bonchev–Trinajstić information content (AvgIpc) is 2.74. The molecule has 90 valence electrons. The van der Waals surface area contributed by atoms with Crippen molar-refractivity contribution in [1.82, 2.24) is 10.3 Å². The van der Waals surface area contributed by atoms with Crippen molar-refractivity contribution in [1.29, 1.82) is 0 Å². The van der Waals surface area contributed by atoms with Crippen LogP contribution < -0.4 is 5.32 Å². The lowest BCUT2D eigenvalue weighted by Gasteiger charge is -2.17. The summed E-state index contributed by atoms with van der Waals surface area (Å²) >= 11 is 5.03. The molecule has 5 heteroatoms. The zero-order chi connectivity index (χ0) is 12.3. The lowest BCUT2D eigenvalue weighted by Crippen LogP contribution is -2.22. The van der Waals surface area contributed by atoms with Crippen molar-refractivity contribution in [3.05, 3.63) is 50.6 Å². The molecular weight excluding hydrogens is 303 g/mol. The van der Waals surface area contributed by atoms with Crippen molar-refractivity contribution in [3.63, 3.8) is 0 Å². The first-order valence-corrected chi connectivity index (χ1v) is 6.91. The molecule has 0 aliphatic carbocycles. The van der Waals surface area contributed by atoms with Gasteiger partial charge in [-0.3, -0.25) is 4.98 Å². The number of hydrogen-bond donors (Lipinski definition) is 1. The summed E-state index contributed by atoms with van der Waals surface area (Å²) in [4.78, 5) is 4.86. The van der Waals surface area contributed by atoms with Gasteiger partial charge in [-0.05, 0) is 40.7 Å². The van der Waals surface area contributed by atoms with E-state index in [2.05, 4.69) is 26.2 Å². The lowest BCUT2D eigenvalue weighted by molar-refractivity contribution is 0.558. The number of rotatable bonds is 4. The Morgan fingerprint density at radius 2 is 2.29 bits per heavy atom. The molecule has 0 spiro atoms. The monoisotopic (exact) mass is 314 g/mol. The average molecular weight is 315 g/mol. The Kier molecular flexibility index (Phi) is 4.25. The van der Waals surface area contributed by atoms with Crippen LogP contribution in [0.1, 0.15) is 23.4 Å². The van der Waals surface area contributed by atoms with Gasteiger partial charge in [0, 0.05) is 16.6 Å². The molecule has 0 amide bonds. The zero-order valence-electron chi connectivity index (χ0n) is 9.28. The molecule has 0 saturated carbocycles. The molecule has 2 aromatic rings. The summed E-state index contributed by atoms with van der Waals surface area (Å²) in [5, 5.41) is 3.29. The minimum absolute atomic E-state index is 0.112. The van der Waals surface area contributed by atoms with Crippen LogP contribution in [0.4, 0.5) is 4.39 Å². The van der Waals surface area contributed by atoms with E-state index in [0.717, 1.165) is 15.2 Å². The van der Waals surface area contributed by atoms with Crippen LogP contribution in [-0.4, -0.2) is 11.5 Å². The summed E-state index contributed by atoms with van der Waals surface area (Å²) in [6, 6.07) is 5.58. The third-order valence-electron chi connectivity index (χ3n) is 2.40. The summed E-state index contributed by atoms with van der Waals surface area (Å²) in [7, 11) is 0. The maximum atomic E-state index is 13.7. The number of halogens is 2. The largest absolute Gasteiger partial charge is 0.306 e. The van der Waals surface area contributed by atoms with E-state index >= 15 is 0 Å². The van der Waals surface area contributed by atoms with E-state index in [4.69, 9.17) is 0 Å². The summed E-state index contributed by atoms with van der Waals surface area (Å²) in [5.41, 5.74) is 0.635. The molecule has 0 radical (unpaired) electrons. The van der Waals surface area contributed by atoms with Crippen molar-refractivity contribution < 1.29 is 4.39 Å². The van der Waals surface area contributed by atoms with Gasteiger partial charge in [0.2, 0.25) is 0 Å². The van der Waals surface area contributed by atoms with E-state index in [9.17, 15) is 4.39 Å². The van der Waals surface area contributed by atoms with Crippen LogP contribution in [0.5, 0.6) is 0 Å². The van der Waals surface area contributed by atoms with Gasteiger partial charge in [-0.15, -0.1) is 11.3 Å². The SMILES string of the molecule is CCNC(c1ccc(Br)s1)c1ccncc1F. The fourth-order valence-corrected chi connectivity index (χ4v) is 3.19. The third kappa shape index (κ3) is 2.91. The maximum absolute atomic E-state index is 13.7. The molecule has 0 aromatic carbocycles. The molecule has 17 heavy (non-hydrogen) atoms. The minimum Gasteiger partial charge on any atom is -0.306 e. The Labute approximate surface area is 112 Å². The molecule has 0 fully saturated rings. The van der Waals surface area contributed by atoms with Gasteiger partial charge < -0.3 is 5.32 Å². The predicted octanol–water partition coefficient (Wildman–Crippen LogP) is 3.74. The van der Waals surface area contributed by atoms with Crippen molar-refractivity contribution in [2.24, 2.45) is 0 Å². The Morgan fingerprint density at radius 3 is 2.88 bits per heavy atom. The highest BCUT2D eigenvalue weighted by Gasteiger charge is 2.18. The molecule has 1 unspecified atom stereocenters. The summed E-state index contributed by atoms with van der Waals surface area (Å²) in [6.45, 7) is 2.79. The lowest BCUT2D eigenvalue weighted by atomic mass is 10.1. The van der Waals surface area contributed by atoms with Crippen LogP contribution in [0.15, 0.2) is 34.4 Å². The van der Waals surface area contributed by atoms with Gasteiger partial charge >= 0.3 is 0 Å². The summed E-state index contributed by atoms with van der Waals surface area (Å²) in [6.07, 6.45) is 2.87. The molecule has 0 saturated heterocycles. The first-order valence-electron chi connectivity index (χ1n) is 5.30. The van der Waals surface area contributed by atoms with Crippen molar-refractivity contribution >= 4 is 27.3 Å². The Morgan fingerprint density at radius 1 is 1.47 bits per heavy atom. The molecule has 2 aromatic heterocycles. The molecule has 1 N–H and O–H groups in total.